The molecule has 3 aromatic rings. The highest BCUT2D eigenvalue weighted by atomic mass is 32.2. The molecule has 0 spiro atoms. The van der Waals surface area contributed by atoms with Gasteiger partial charge in [-0.15, -0.1) is 0 Å². The topological polar surface area (TPSA) is 103 Å². The van der Waals surface area contributed by atoms with Gasteiger partial charge in [-0.3, -0.25) is 4.79 Å². The Bertz CT molecular complexity index is 1270. The maximum Gasteiger partial charge on any atom is 0.331 e. The molecule has 0 aliphatic carbocycles. The van der Waals surface area contributed by atoms with Crippen LogP contribution in [0.15, 0.2) is 70.2 Å². The number of esters is 1. The number of furan rings is 1. The third-order valence-corrected chi connectivity index (χ3v) is 6.52. The number of sulfonamides is 1. The van der Waals surface area contributed by atoms with Gasteiger partial charge in [-0.1, -0.05) is 18.2 Å². The minimum absolute atomic E-state index is 0.0449. The van der Waals surface area contributed by atoms with Gasteiger partial charge in [-0.05, 0) is 79.4 Å². The summed E-state index contributed by atoms with van der Waals surface area (Å²) in [7, 11) is -3.70. The quantitative estimate of drug-likeness (QED) is 0.288. The lowest BCUT2D eigenvalue weighted by Gasteiger charge is -2.09. The maximum atomic E-state index is 12.4. The van der Waals surface area contributed by atoms with Crippen molar-refractivity contribution in [2.24, 2.45) is 0 Å². The predicted octanol–water partition coefficient (Wildman–Crippen LogP) is 4.12. The number of benzene rings is 2. The number of carbonyl (C=O) groups is 2. The van der Waals surface area contributed by atoms with Crippen LogP contribution in [-0.2, 0) is 26.1 Å². The lowest BCUT2D eigenvalue weighted by molar-refractivity contribution is -0.136. The zero-order valence-corrected chi connectivity index (χ0v) is 19.4. The van der Waals surface area contributed by atoms with E-state index in [1.165, 1.54) is 30.5 Å². The number of hydrogen-bond donors (Lipinski definition) is 1. The Morgan fingerprint density at radius 3 is 2.36 bits per heavy atom. The van der Waals surface area contributed by atoms with Crippen molar-refractivity contribution < 1.29 is 27.2 Å². The highest BCUT2D eigenvalue weighted by molar-refractivity contribution is 7.89. The normalized spacial score (nSPS) is 11.6. The molecule has 1 N–H and O–H groups in total. The maximum absolute atomic E-state index is 12.4. The summed E-state index contributed by atoms with van der Waals surface area (Å²) < 4.78 is 37.3. The van der Waals surface area contributed by atoms with Crippen LogP contribution in [0.2, 0.25) is 0 Å². The molecule has 0 aliphatic heterocycles. The van der Waals surface area contributed by atoms with Crippen LogP contribution < -0.4 is 4.72 Å². The number of ether oxygens (including phenoxy) is 1. The number of carbonyl (C=O) groups excluding carboxylic acids is 2. The fourth-order valence-electron chi connectivity index (χ4n) is 3.11. The van der Waals surface area contributed by atoms with Crippen LogP contribution in [0.5, 0.6) is 0 Å². The van der Waals surface area contributed by atoms with Gasteiger partial charge in [-0.2, -0.15) is 0 Å². The van der Waals surface area contributed by atoms with Gasteiger partial charge in [-0.25, -0.2) is 17.9 Å². The number of hydrogen-bond acceptors (Lipinski definition) is 6. The second-order valence-corrected chi connectivity index (χ2v) is 9.36. The van der Waals surface area contributed by atoms with E-state index < -0.39 is 16.0 Å². The van der Waals surface area contributed by atoms with E-state index in [2.05, 4.69) is 4.72 Å². The first-order chi connectivity index (χ1) is 15.7. The minimum atomic E-state index is -3.70. The van der Waals surface area contributed by atoms with Crippen LogP contribution >= 0.6 is 0 Å². The number of nitrogens with one attached hydrogen (secondary N) is 1. The molecule has 0 radical (unpaired) electrons. The Balaban J connectivity index is 1.54. The molecule has 2 aromatic carbocycles. The van der Waals surface area contributed by atoms with Crippen molar-refractivity contribution in [3.8, 4) is 0 Å². The molecule has 0 bridgehead atoms. The summed E-state index contributed by atoms with van der Waals surface area (Å²) in [5.74, 6) is -0.432. The van der Waals surface area contributed by atoms with Gasteiger partial charge in [0, 0.05) is 11.6 Å². The van der Waals surface area contributed by atoms with Crippen LogP contribution in [0.1, 0.15) is 38.4 Å². The van der Waals surface area contributed by atoms with Crippen LogP contribution in [0, 0.1) is 20.8 Å². The SMILES string of the molecule is Cc1cc(C)c(C(=O)COC(=O)/C=C/c2ccc(S(=O)(=O)NCc3ccco3)cc2)cc1C. The van der Waals surface area contributed by atoms with E-state index in [4.69, 9.17) is 9.15 Å². The summed E-state index contributed by atoms with van der Waals surface area (Å²) in [5, 5.41) is 0. The summed E-state index contributed by atoms with van der Waals surface area (Å²) in [6.07, 6.45) is 4.15. The minimum Gasteiger partial charge on any atom is -0.468 e. The molecule has 7 nitrogen and oxygen atoms in total. The Morgan fingerprint density at radius 1 is 1.00 bits per heavy atom. The molecule has 0 fully saturated rings. The van der Waals surface area contributed by atoms with Crippen LogP contribution in [0.3, 0.4) is 0 Å². The molecule has 0 unspecified atom stereocenters. The molecule has 0 saturated heterocycles. The molecule has 0 saturated carbocycles. The van der Waals surface area contributed by atoms with Crippen molar-refractivity contribution in [3.05, 3.63) is 94.4 Å². The van der Waals surface area contributed by atoms with Crippen molar-refractivity contribution in [3.63, 3.8) is 0 Å². The summed E-state index contributed by atoms with van der Waals surface area (Å²) in [4.78, 5) is 24.5. The van der Waals surface area contributed by atoms with Gasteiger partial charge in [0.15, 0.2) is 6.61 Å². The van der Waals surface area contributed by atoms with Crippen molar-refractivity contribution in [2.45, 2.75) is 32.2 Å². The second-order valence-electron chi connectivity index (χ2n) is 7.59. The molecule has 0 amide bonds. The standard InChI is InChI=1S/C25H25NO6S/c1-17-13-19(3)23(14-18(17)2)24(27)16-32-25(28)11-8-20-6-9-22(10-7-20)33(29,30)26-15-21-5-4-12-31-21/h4-14,26H,15-16H2,1-3H3/b11-8+. The predicted molar refractivity (Wildman–Crippen MR) is 124 cm³/mol. The molecule has 172 valence electrons. The van der Waals surface area contributed by atoms with Crippen molar-refractivity contribution >= 4 is 27.9 Å². The third kappa shape index (κ3) is 6.50. The molecular formula is C25H25NO6S. The average molecular weight is 468 g/mol. The van der Waals surface area contributed by atoms with Crippen molar-refractivity contribution in [2.75, 3.05) is 6.61 Å². The molecule has 8 heteroatoms. The number of rotatable bonds is 9. The molecule has 3 rings (SSSR count). The summed E-state index contributed by atoms with van der Waals surface area (Å²) in [6, 6.07) is 13.1. The molecule has 0 aliphatic rings. The zero-order chi connectivity index (χ0) is 24.0. The van der Waals surface area contributed by atoms with Crippen LogP contribution in [0.25, 0.3) is 6.08 Å². The van der Waals surface area contributed by atoms with Crippen LogP contribution in [0.4, 0.5) is 0 Å². The zero-order valence-electron chi connectivity index (χ0n) is 18.6. The van der Waals surface area contributed by atoms with E-state index in [1.807, 2.05) is 26.8 Å². The van der Waals surface area contributed by atoms with Crippen molar-refractivity contribution in [1.82, 2.24) is 4.72 Å². The lowest BCUT2D eigenvalue weighted by Crippen LogP contribution is -2.22. The largest absolute Gasteiger partial charge is 0.468 e. The Labute approximate surface area is 193 Å². The lowest BCUT2D eigenvalue weighted by atomic mass is 9.98. The number of Topliss-reactive ketones (excluding diaryl/α,β-unsaturated/α-hetero) is 1. The number of ketones is 1. The molecular weight excluding hydrogens is 442 g/mol. The third-order valence-electron chi connectivity index (χ3n) is 5.11. The smallest absolute Gasteiger partial charge is 0.331 e. The van der Waals surface area contributed by atoms with Crippen molar-refractivity contribution in [1.29, 1.82) is 0 Å². The highest BCUT2D eigenvalue weighted by Gasteiger charge is 2.15. The first-order valence-corrected chi connectivity index (χ1v) is 11.7. The Morgan fingerprint density at radius 2 is 1.70 bits per heavy atom. The summed E-state index contributed by atoms with van der Waals surface area (Å²) in [5.41, 5.74) is 4.07. The van der Waals surface area contributed by atoms with Crippen LogP contribution in [-0.4, -0.2) is 26.8 Å². The fraction of sp³-hybridized carbons (Fsp3) is 0.200. The van der Waals surface area contributed by atoms with E-state index >= 15 is 0 Å². The molecule has 0 atom stereocenters. The molecule has 1 heterocycles. The van der Waals surface area contributed by atoms with E-state index in [1.54, 1.807) is 30.3 Å². The molecule has 1 aromatic heterocycles. The average Bonchev–Trinajstić information content (AvgIpc) is 3.31. The molecule has 33 heavy (non-hydrogen) atoms. The van der Waals surface area contributed by atoms with Gasteiger partial charge in [0.05, 0.1) is 17.7 Å². The van der Waals surface area contributed by atoms with E-state index in [9.17, 15) is 18.0 Å². The highest BCUT2D eigenvalue weighted by Crippen LogP contribution is 2.16. The first kappa shape index (κ1) is 24.2. The Hall–Kier alpha value is -3.49. The van der Waals surface area contributed by atoms with E-state index in [0.29, 0.717) is 16.9 Å². The summed E-state index contributed by atoms with van der Waals surface area (Å²) in [6.45, 7) is 5.43. The van der Waals surface area contributed by atoms with Gasteiger partial charge in [0.25, 0.3) is 0 Å². The van der Waals surface area contributed by atoms with Gasteiger partial charge < -0.3 is 9.15 Å². The summed E-state index contributed by atoms with van der Waals surface area (Å²) >= 11 is 0. The van der Waals surface area contributed by atoms with E-state index in [0.717, 1.165) is 16.7 Å². The second kappa shape index (κ2) is 10.4. The monoisotopic (exact) mass is 467 g/mol. The van der Waals surface area contributed by atoms with Gasteiger partial charge in [0.2, 0.25) is 15.8 Å². The Kier molecular flexibility index (Phi) is 7.63. The first-order valence-electron chi connectivity index (χ1n) is 10.2. The number of aryl methyl sites for hydroxylation is 3. The van der Waals surface area contributed by atoms with Gasteiger partial charge in [0.1, 0.15) is 5.76 Å². The fourth-order valence-corrected chi connectivity index (χ4v) is 4.10. The van der Waals surface area contributed by atoms with Gasteiger partial charge >= 0.3 is 5.97 Å². The van der Waals surface area contributed by atoms with E-state index in [-0.39, 0.29) is 23.8 Å².